The number of benzene rings is 2. The summed E-state index contributed by atoms with van der Waals surface area (Å²) in [4.78, 5) is 12.3. The first kappa shape index (κ1) is 28.8. The molecule has 2 saturated carbocycles. The number of rotatable bonds is 7. The fourth-order valence-electron chi connectivity index (χ4n) is 6.53. The minimum absolute atomic E-state index is 0.0335. The molecule has 10 heteroatoms. The number of carbonyl (C=O) groups is 1. The average molecular weight is 570 g/mol. The maximum atomic E-state index is 13.6. The normalized spacial score (nSPS) is 24.9. The highest BCUT2D eigenvalue weighted by atomic mass is 19.4. The standard InChI is InChI=1S/C30H33F6NO3/c1-16(27(38)39-3)26(19-5-6-19)20-7-4-18-10-11-28(40-25(18)12-20)14-22(15-28)37-17(2)23-13-21(29(31,32)33)8-9-24(23)30(34,35)36/h4,7-9,12-13,16-17,19,22,26,37H,5-6,10-11,14-15H2,1-3H3/t16-,17+,22?,26-,28?/m0/s1. The van der Waals surface area contributed by atoms with Crippen LogP contribution in [0.2, 0.25) is 0 Å². The number of fused-ring (bicyclic) bond motifs is 1. The molecule has 4 nitrogen and oxygen atoms in total. The smallest absolute Gasteiger partial charge is 0.416 e. The molecule has 0 radical (unpaired) electrons. The van der Waals surface area contributed by atoms with Crippen LogP contribution in [0.1, 0.15) is 85.7 Å². The summed E-state index contributed by atoms with van der Waals surface area (Å²) in [5.41, 5.74) is -0.985. The van der Waals surface area contributed by atoms with Crippen LogP contribution in [0.15, 0.2) is 36.4 Å². The van der Waals surface area contributed by atoms with Crippen molar-refractivity contribution in [3.63, 3.8) is 0 Å². The molecule has 1 heterocycles. The molecule has 2 fully saturated rings. The Morgan fingerprint density at radius 1 is 1.02 bits per heavy atom. The first-order valence-corrected chi connectivity index (χ1v) is 13.6. The predicted octanol–water partition coefficient (Wildman–Crippen LogP) is 7.60. The molecule has 0 bridgehead atoms. The maximum Gasteiger partial charge on any atom is 0.416 e. The van der Waals surface area contributed by atoms with Crippen molar-refractivity contribution in [1.82, 2.24) is 5.32 Å². The first-order chi connectivity index (χ1) is 18.7. The molecule has 40 heavy (non-hydrogen) atoms. The Bertz CT molecular complexity index is 1260. The average Bonchev–Trinajstić information content (AvgIpc) is 3.70. The summed E-state index contributed by atoms with van der Waals surface area (Å²) in [6.45, 7) is 3.34. The second-order valence-electron chi connectivity index (χ2n) is 11.6. The van der Waals surface area contributed by atoms with Crippen LogP contribution in [0.5, 0.6) is 5.75 Å². The van der Waals surface area contributed by atoms with Gasteiger partial charge in [0.25, 0.3) is 0 Å². The van der Waals surface area contributed by atoms with Crippen LogP contribution in [-0.2, 0) is 28.3 Å². The molecular formula is C30H33F6NO3. The van der Waals surface area contributed by atoms with Gasteiger partial charge in [0.1, 0.15) is 11.4 Å². The predicted molar refractivity (Wildman–Crippen MR) is 136 cm³/mol. The zero-order chi connectivity index (χ0) is 29.0. The number of alkyl halides is 6. The van der Waals surface area contributed by atoms with Gasteiger partial charge in [-0.05, 0) is 85.4 Å². The molecule has 0 amide bonds. The lowest BCUT2D eigenvalue weighted by Gasteiger charge is -2.51. The summed E-state index contributed by atoms with van der Waals surface area (Å²) < 4.78 is 92.0. The Labute approximate surface area is 229 Å². The van der Waals surface area contributed by atoms with E-state index in [9.17, 15) is 31.1 Å². The molecular weight excluding hydrogens is 536 g/mol. The van der Waals surface area contributed by atoms with Crippen LogP contribution >= 0.6 is 0 Å². The molecule has 0 aromatic heterocycles. The van der Waals surface area contributed by atoms with Crippen LogP contribution in [0.25, 0.3) is 0 Å². The minimum atomic E-state index is -4.77. The van der Waals surface area contributed by atoms with E-state index in [-0.39, 0.29) is 23.8 Å². The van der Waals surface area contributed by atoms with Gasteiger partial charge in [-0.15, -0.1) is 0 Å². The second kappa shape index (κ2) is 10.3. The largest absolute Gasteiger partial charge is 0.487 e. The van der Waals surface area contributed by atoms with E-state index >= 15 is 0 Å². The van der Waals surface area contributed by atoms with Crippen molar-refractivity contribution in [3.8, 4) is 5.75 Å². The second-order valence-corrected chi connectivity index (χ2v) is 11.6. The molecule has 5 rings (SSSR count). The Morgan fingerprint density at radius 2 is 1.73 bits per heavy atom. The lowest BCUT2D eigenvalue weighted by atomic mass is 9.70. The molecule has 1 aliphatic heterocycles. The van der Waals surface area contributed by atoms with Gasteiger partial charge in [0.05, 0.1) is 24.2 Å². The van der Waals surface area contributed by atoms with Crippen LogP contribution in [0.3, 0.4) is 0 Å². The van der Waals surface area contributed by atoms with Crippen LogP contribution < -0.4 is 10.1 Å². The number of carbonyl (C=O) groups excluding carboxylic acids is 1. The van der Waals surface area contributed by atoms with Gasteiger partial charge in [-0.25, -0.2) is 0 Å². The number of hydrogen-bond donors (Lipinski definition) is 1. The highest BCUT2D eigenvalue weighted by Gasteiger charge is 2.49. The summed E-state index contributed by atoms with van der Waals surface area (Å²) in [7, 11) is 1.39. The molecule has 1 N–H and O–H groups in total. The number of methoxy groups -OCH3 is 1. The minimum Gasteiger partial charge on any atom is -0.487 e. The van der Waals surface area contributed by atoms with Gasteiger partial charge in [-0.3, -0.25) is 4.79 Å². The maximum absolute atomic E-state index is 13.6. The monoisotopic (exact) mass is 569 g/mol. The number of nitrogens with one attached hydrogen (secondary N) is 1. The summed E-state index contributed by atoms with van der Waals surface area (Å²) in [6.07, 6.45) is -4.80. The van der Waals surface area contributed by atoms with Gasteiger partial charge in [-0.2, -0.15) is 26.3 Å². The number of hydrogen-bond acceptors (Lipinski definition) is 4. The molecule has 2 aromatic carbocycles. The number of ether oxygens (including phenoxy) is 2. The Morgan fingerprint density at radius 3 is 2.33 bits per heavy atom. The van der Waals surface area contributed by atoms with Gasteiger partial charge in [-0.1, -0.05) is 19.1 Å². The summed E-state index contributed by atoms with van der Waals surface area (Å²) >= 11 is 0. The molecule has 0 saturated heterocycles. The Hall–Kier alpha value is -2.75. The molecule has 3 atom stereocenters. The van der Waals surface area contributed by atoms with E-state index in [0.717, 1.165) is 42.6 Å². The van der Waals surface area contributed by atoms with Crippen molar-refractivity contribution >= 4 is 5.97 Å². The topological polar surface area (TPSA) is 47.6 Å². The molecule has 2 aromatic rings. The quantitative estimate of drug-likeness (QED) is 0.276. The van der Waals surface area contributed by atoms with Gasteiger partial charge in [0, 0.05) is 24.9 Å². The zero-order valence-electron chi connectivity index (χ0n) is 22.6. The molecule has 218 valence electrons. The van der Waals surface area contributed by atoms with Crippen molar-refractivity contribution in [3.05, 3.63) is 64.2 Å². The summed E-state index contributed by atoms with van der Waals surface area (Å²) in [5, 5.41) is 3.11. The van der Waals surface area contributed by atoms with Crippen molar-refractivity contribution in [2.24, 2.45) is 11.8 Å². The van der Waals surface area contributed by atoms with E-state index in [1.165, 1.54) is 14.0 Å². The lowest BCUT2D eigenvalue weighted by Crippen LogP contribution is -2.58. The third kappa shape index (κ3) is 5.69. The van der Waals surface area contributed by atoms with Gasteiger partial charge >= 0.3 is 18.3 Å². The van der Waals surface area contributed by atoms with Crippen molar-refractivity contribution in [2.45, 2.75) is 88.3 Å². The highest BCUT2D eigenvalue weighted by Crippen LogP contribution is 2.50. The Kier molecular flexibility index (Phi) is 7.38. The van der Waals surface area contributed by atoms with E-state index < -0.39 is 40.7 Å². The van der Waals surface area contributed by atoms with Crippen molar-refractivity contribution in [2.75, 3.05) is 7.11 Å². The highest BCUT2D eigenvalue weighted by molar-refractivity contribution is 5.73. The molecule has 3 aliphatic rings. The molecule has 2 aliphatic carbocycles. The van der Waals surface area contributed by atoms with Crippen molar-refractivity contribution in [1.29, 1.82) is 0 Å². The fraction of sp³-hybridized carbons (Fsp3) is 0.567. The fourth-order valence-corrected chi connectivity index (χ4v) is 6.53. The summed E-state index contributed by atoms with van der Waals surface area (Å²) in [5.74, 6) is 0.676. The Balaban J connectivity index is 1.29. The third-order valence-electron chi connectivity index (χ3n) is 8.77. The zero-order valence-corrected chi connectivity index (χ0v) is 22.6. The number of aryl methyl sites for hydroxylation is 1. The van der Waals surface area contributed by atoms with E-state index in [1.807, 2.05) is 19.1 Å². The van der Waals surface area contributed by atoms with E-state index in [1.54, 1.807) is 0 Å². The lowest BCUT2D eigenvalue weighted by molar-refractivity contribution is -0.146. The molecule has 1 spiro atoms. The number of esters is 1. The SMILES string of the molecule is COC(=O)[C@@H](C)[C@H](c1ccc2c(c1)OC1(CC2)CC(N[C@H](C)c2cc(C(F)(F)F)ccc2C(F)(F)F)C1)C1CC1. The third-order valence-corrected chi connectivity index (χ3v) is 8.77. The first-order valence-electron chi connectivity index (χ1n) is 13.6. The van der Waals surface area contributed by atoms with Crippen LogP contribution in [0, 0.1) is 11.8 Å². The van der Waals surface area contributed by atoms with Crippen LogP contribution in [0.4, 0.5) is 26.3 Å². The summed E-state index contributed by atoms with van der Waals surface area (Å²) in [6, 6.07) is 6.54. The van der Waals surface area contributed by atoms with E-state index in [2.05, 4.69) is 11.4 Å². The van der Waals surface area contributed by atoms with Gasteiger partial charge in [0.15, 0.2) is 0 Å². The molecule has 0 unspecified atom stereocenters. The van der Waals surface area contributed by atoms with E-state index in [0.29, 0.717) is 37.0 Å². The van der Waals surface area contributed by atoms with Crippen molar-refractivity contribution < 1.29 is 40.6 Å². The van der Waals surface area contributed by atoms with Crippen LogP contribution in [-0.4, -0.2) is 24.7 Å². The van der Waals surface area contributed by atoms with E-state index in [4.69, 9.17) is 9.47 Å². The van der Waals surface area contributed by atoms with Gasteiger partial charge in [0.2, 0.25) is 0 Å². The number of halogens is 6. The van der Waals surface area contributed by atoms with Gasteiger partial charge < -0.3 is 14.8 Å².